The summed E-state index contributed by atoms with van der Waals surface area (Å²) in [6.45, 7) is 12.1. The first-order chi connectivity index (χ1) is 10.9. The lowest BCUT2D eigenvalue weighted by atomic mass is 10.1. The number of rotatable bonds is 11. The molecule has 0 unspecified atom stereocenters. The molecule has 0 aliphatic carbocycles. The van der Waals surface area contributed by atoms with Gasteiger partial charge in [0.15, 0.2) is 0 Å². The van der Waals surface area contributed by atoms with Gasteiger partial charge in [-0.25, -0.2) is 0 Å². The lowest BCUT2D eigenvalue weighted by Crippen LogP contribution is -2.37. The van der Waals surface area contributed by atoms with Gasteiger partial charge in [-0.15, -0.1) is 0 Å². The van der Waals surface area contributed by atoms with Gasteiger partial charge in [0.25, 0.3) is 0 Å². The van der Waals surface area contributed by atoms with Crippen molar-refractivity contribution in [3.63, 3.8) is 0 Å². The Morgan fingerprint density at radius 3 is 2.13 bits per heavy atom. The lowest BCUT2D eigenvalue weighted by Gasteiger charge is -2.27. The van der Waals surface area contributed by atoms with E-state index in [1.165, 1.54) is 5.56 Å². The molecule has 1 atom stereocenters. The highest BCUT2D eigenvalue weighted by Crippen LogP contribution is 2.14. The number of nitrogens with zero attached hydrogens (tertiary/aromatic N) is 1. The standard InChI is InChI=1S/C19H33NO3/c1-15(2)10-20(12-18(21)14-23-13-16(3)4)11-17-6-8-19(22-5)9-7-17/h6-9,15-16,18,21H,10-14H2,1-5H3/t18-/m1/s1. The van der Waals surface area contributed by atoms with E-state index in [-0.39, 0.29) is 0 Å². The molecule has 0 saturated carbocycles. The predicted octanol–water partition coefficient (Wildman–Crippen LogP) is 3.19. The molecule has 0 fully saturated rings. The Hall–Kier alpha value is -1.10. The normalized spacial score (nSPS) is 13.1. The van der Waals surface area contributed by atoms with Crippen molar-refractivity contribution in [1.82, 2.24) is 4.90 Å². The molecule has 0 aliphatic rings. The van der Waals surface area contributed by atoms with Gasteiger partial charge in [0.1, 0.15) is 5.75 Å². The Balaban J connectivity index is 2.53. The molecular weight excluding hydrogens is 290 g/mol. The van der Waals surface area contributed by atoms with Crippen LogP contribution in [0.5, 0.6) is 5.75 Å². The number of aliphatic hydroxyl groups is 1. The molecule has 4 nitrogen and oxygen atoms in total. The van der Waals surface area contributed by atoms with E-state index < -0.39 is 6.10 Å². The van der Waals surface area contributed by atoms with Crippen LogP contribution in [0.4, 0.5) is 0 Å². The van der Waals surface area contributed by atoms with Crippen LogP contribution in [0, 0.1) is 11.8 Å². The molecule has 0 spiro atoms. The number of hydrogen-bond acceptors (Lipinski definition) is 4. The third-order valence-electron chi connectivity index (χ3n) is 3.42. The second-order valence-corrected chi connectivity index (χ2v) is 7.02. The van der Waals surface area contributed by atoms with E-state index in [1.807, 2.05) is 12.1 Å². The van der Waals surface area contributed by atoms with Crippen molar-refractivity contribution in [1.29, 1.82) is 0 Å². The van der Waals surface area contributed by atoms with E-state index in [0.29, 0.717) is 31.6 Å². The molecule has 1 rings (SSSR count). The van der Waals surface area contributed by atoms with Crippen molar-refractivity contribution in [3.05, 3.63) is 29.8 Å². The second kappa shape index (κ2) is 10.6. The van der Waals surface area contributed by atoms with Crippen LogP contribution in [0.2, 0.25) is 0 Å². The zero-order valence-corrected chi connectivity index (χ0v) is 15.3. The van der Waals surface area contributed by atoms with Crippen LogP contribution in [0.25, 0.3) is 0 Å². The summed E-state index contributed by atoms with van der Waals surface area (Å²) in [6.07, 6.45) is -0.453. The summed E-state index contributed by atoms with van der Waals surface area (Å²) in [4.78, 5) is 2.29. The summed E-state index contributed by atoms with van der Waals surface area (Å²) in [6, 6.07) is 8.11. The SMILES string of the molecule is COc1ccc(CN(CC(C)C)C[C@@H](O)COCC(C)C)cc1. The molecule has 1 aromatic rings. The van der Waals surface area contributed by atoms with Crippen molar-refractivity contribution in [3.8, 4) is 5.75 Å². The minimum atomic E-state index is -0.453. The largest absolute Gasteiger partial charge is 0.497 e. The van der Waals surface area contributed by atoms with Crippen molar-refractivity contribution in [2.24, 2.45) is 11.8 Å². The molecule has 1 N–H and O–H groups in total. The first kappa shape index (κ1) is 19.9. The molecule has 23 heavy (non-hydrogen) atoms. The van der Waals surface area contributed by atoms with E-state index in [9.17, 15) is 5.11 Å². The van der Waals surface area contributed by atoms with Crippen LogP contribution in [0.15, 0.2) is 24.3 Å². The number of benzene rings is 1. The first-order valence-electron chi connectivity index (χ1n) is 8.51. The molecule has 1 aromatic carbocycles. The van der Waals surface area contributed by atoms with Gasteiger partial charge >= 0.3 is 0 Å². The van der Waals surface area contributed by atoms with E-state index in [2.05, 4.69) is 44.7 Å². The fourth-order valence-corrected chi connectivity index (χ4v) is 2.50. The van der Waals surface area contributed by atoms with Gasteiger partial charge < -0.3 is 14.6 Å². The Kier molecular flexibility index (Phi) is 9.22. The maximum absolute atomic E-state index is 10.2. The zero-order chi connectivity index (χ0) is 17.2. The number of methoxy groups -OCH3 is 1. The Bertz CT molecular complexity index is 417. The van der Waals surface area contributed by atoms with Crippen LogP contribution in [0.3, 0.4) is 0 Å². The summed E-state index contributed by atoms with van der Waals surface area (Å²) in [5.41, 5.74) is 1.22. The van der Waals surface area contributed by atoms with Gasteiger partial charge in [-0.2, -0.15) is 0 Å². The van der Waals surface area contributed by atoms with Crippen molar-refractivity contribution >= 4 is 0 Å². The highest BCUT2D eigenvalue weighted by atomic mass is 16.5. The number of ether oxygens (including phenoxy) is 2. The van der Waals surface area contributed by atoms with Crippen molar-refractivity contribution in [2.75, 3.05) is 33.4 Å². The maximum Gasteiger partial charge on any atom is 0.118 e. The minimum Gasteiger partial charge on any atom is -0.497 e. The molecule has 0 amide bonds. The fourth-order valence-electron chi connectivity index (χ4n) is 2.50. The van der Waals surface area contributed by atoms with Gasteiger partial charge in [0.05, 0.1) is 19.8 Å². The smallest absolute Gasteiger partial charge is 0.118 e. The summed E-state index contributed by atoms with van der Waals surface area (Å²) in [7, 11) is 1.67. The zero-order valence-electron chi connectivity index (χ0n) is 15.3. The van der Waals surface area contributed by atoms with Gasteiger partial charge in [0, 0.05) is 26.2 Å². The molecule has 0 saturated heterocycles. The van der Waals surface area contributed by atoms with Gasteiger partial charge in [-0.1, -0.05) is 39.8 Å². The Labute approximate surface area is 141 Å². The van der Waals surface area contributed by atoms with E-state index in [4.69, 9.17) is 9.47 Å². The summed E-state index contributed by atoms with van der Waals surface area (Å²) < 4.78 is 10.7. The van der Waals surface area contributed by atoms with Crippen LogP contribution in [-0.2, 0) is 11.3 Å². The topological polar surface area (TPSA) is 41.9 Å². The molecular formula is C19H33NO3. The summed E-state index contributed by atoms with van der Waals surface area (Å²) in [5.74, 6) is 1.91. The second-order valence-electron chi connectivity index (χ2n) is 7.02. The highest BCUT2D eigenvalue weighted by Gasteiger charge is 2.14. The molecule has 4 heteroatoms. The van der Waals surface area contributed by atoms with Crippen LogP contribution < -0.4 is 4.74 Å². The highest BCUT2D eigenvalue weighted by molar-refractivity contribution is 5.27. The number of hydrogen-bond donors (Lipinski definition) is 1. The minimum absolute atomic E-state index is 0.398. The van der Waals surface area contributed by atoms with Crippen molar-refractivity contribution < 1.29 is 14.6 Å². The van der Waals surface area contributed by atoms with Crippen LogP contribution in [-0.4, -0.2) is 49.5 Å². The van der Waals surface area contributed by atoms with Crippen molar-refractivity contribution in [2.45, 2.75) is 40.3 Å². The molecule has 132 valence electrons. The van der Waals surface area contributed by atoms with E-state index in [0.717, 1.165) is 18.8 Å². The molecule has 0 heterocycles. The Morgan fingerprint density at radius 1 is 0.957 bits per heavy atom. The summed E-state index contributed by atoms with van der Waals surface area (Å²) in [5, 5.41) is 10.2. The molecule has 0 aromatic heterocycles. The van der Waals surface area contributed by atoms with Gasteiger partial charge in [-0.05, 0) is 29.5 Å². The van der Waals surface area contributed by atoms with E-state index in [1.54, 1.807) is 7.11 Å². The Morgan fingerprint density at radius 2 is 1.61 bits per heavy atom. The predicted molar refractivity (Wildman–Crippen MR) is 94.8 cm³/mol. The van der Waals surface area contributed by atoms with Crippen LogP contribution >= 0.6 is 0 Å². The van der Waals surface area contributed by atoms with Gasteiger partial charge in [0.2, 0.25) is 0 Å². The average Bonchev–Trinajstić information content (AvgIpc) is 2.46. The maximum atomic E-state index is 10.2. The lowest BCUT2D eigenvalue weighted by molar-refractivity contribution is 0.00522. The first-order valence-corrected chi connectivity index (χ1v) is 8.51. The van der Waals surface area contributed by atoms with Crippen LogP contribution in [0.1, 0.15) is 33.3 Å². The average molecular weight is 323 g/mol. The summed E-state index contributed by atoms with van der Waals surface area (Å²) >= 11 is 0. The fraction of sp³-hybridized carbons (Fsp3) is 0.684. The van der Waals surface area contributed by atoms with Gasteiger partial charge in [-0.3, -0.25) is 4.90 Å². The quantitative estimate of drug-likeness (QED) is 0.679. The third kappa shape index (κ3) is 8.94. The molecule has 0 bridgehead atoms. The third-order valence-corrected chi connectivity index (χ3v) is 3.42. The number of aliphatic hydroxyl groups excluding tert-OH is 1. The van der Waals surface area contributed by atoms with E-state index >= 15 is 0 Å². The molecule has 0 radical (unpaired) electrons. The monoisotopic (exact) mass is 323 g/mol. The molecule has 0 aliphatic heterocycles.